The lowest BCUT2D eigenvalue weighted by Gasteiger charge is -2.53. The second-order valence-electron chi connectivity index (χ2n) is 4.29. The molecule has 0 aromatic rings. The molecule has 2 unspecified atom stereocenters. The lowest BCUT2D eigenvalue weighted by atomic mass is 9.87. The molecular weight excluding hydrogens is 152 g/mol. The molecule has 1 aliphatic carbocycles. The molecule has 3 heteroatoms. The fourth-order valence-corrected chi connectivity index (χ4v) is 2.41. The number of hydrogen-bond acceptors (Lipinski definition) is 2. The third-order valence-corrected chi connectivity index (χ3v) is 3.53. The topological polar surface area (TPSA) is 23.6 Å². The van der Waals surface area contributed by atoms with Crippen molar-refractivity contribution >= 4 is 5.91 Å². The van der Waals surface area contributed by atoms with Gasteiger partial charge >= 0.3 is 0 Å². The van der Waals surface area contributed by atoms with Gasteiger partial charge in [0.25, 0.3) is 0 Å². The first kappa shape index (κ1) is 6.89. The highest BCUT2D eigenvalue weighted by atomic mass is 16.2. The third-order valence-electron chi connectivity index (χ3n) is 3.53. The Hall–Kier alpha value is -0.570. The molecule has 3 heterocycles. The van der Waals surface area contributed by atoms with Crippen molar-refractivity contribution in [3.63, 3.8) is 0 Å². The van der Waals surface area contributed by atoms with E-state index in [0.29, 0.717) is 18.0 Å². The van der Waals surface area contributed by atoms with E-state index in [4.69, 9.17) is 0 Å². The molecule has 3 nitrogen and oxygen atoms in total. The van der Waals surface area contributed by atoms with Gasteiger partial charge in [-0.2, -0.15) is 0 Å². The van der Waals surface area contributed by atoms with E-state index in [1.807, 2.05) is 0 Å². The van der Waals surface area contributed by atoms with Crippen molar-refractivity contribution in [2.24, 2.45) is 0 Å². The van der Waals surface area contributed by atoms with Gasteiger partial charge in [0.05, 0.1) is 6.04 Å². The van der Waals surface area contributed by atoms with E-state index in [-0.39, 0.29) is 6.04 Å². The lowest BCUT2D eigenvalue weighted by molar-refractivity contribution is -0.157. The van der Waals surface area contributed by atoms with Crippen LogP contribution in [0.1, 0.15) is 19.3 Å². The highest BCUT2D eigenvalue weighted by molar-refractivity contribution is 5.85. The maximum absolute atomic E-state index is 11.7. The molecule has 0 radical (unpaired) electrons. The fourth-order valence-electron chi connectivity index (χ4n) is 2.41. The Morgan fingerprint density at radius 1 is 1.33 bits per heavy atom. The summed E-state index contributed by atoms with van der Waals surface area (Å²) in [5.74, 6) is 0.391. The van der Waals surface area contributed by atoms with Crippen LogP contribution in [0, 0.1) is 0 Å². The van der Waals surface area contributed by atoms with Gasteiger partial charge in [-0.25, -0.2) is 0 Å². The summed E-state index contributed by atoms with van der Waals surface area (Å²) in [6.07, 6.45) is 3.60. The second-order valence-corrected chi connectivity index (χ2v) is 4.29. The number of piperidine rings is 1. The van der Waals surface area contributed by atoms with Crippen LogP contribution in [-0.4, -0.2) is 47.4 Å². The molecule has 2 bridgehead atoms. The van der Waals surface area contributed by atoms with Crippen molar-refractivity contribution in [2.75, 3.05) is 13.6 Å². The number of rotatable bonds is 1. The number of fused-ring (bicyclic) bond motifs is 2. The largest absolute Gasteiger partial charge is 0.337 e. The Labute approximate surface area is 72.3 Å². The molecule has 0 aromatic carbocycles. The van der Waals surface area contributed by atoms with Gasteiger partial charge in [-0.1, -0.05) is 0 Å². The number of amides is 1. The van der Waals surface area contributed by atoms with Crippen molar-refractivity contribution < 1.29 is 4.79 Å². The molecule has 4 fully saturated rings. The van der Waals surface area contributed by atoms with Crippen LogP contribution >= 0.6 is 0 Å². The Balaban J connectivity index is 1.79. The highest BCUT2D eigenvalue weighted by Gasteiger charge is 2.51. The average Bonchev–Trinajstić information content (AvgIpc) is 2.85. The van der Waals surface area contributed by atoms with Crippen molar-refractivity contribution in [3.05, 3.63) is 0 Å². The lowest BCUT2D eigenvalue weighted by Crippen LogP contribution is -2.70. The van der Waals surface area contributed by atoms with Gasteiger partial charge in [0.2, 0.25) is 5.91 Å². The van der Waals surface area contributed by atoms with E-state index < -0.39 is 0 Å². The number of piperazine rings is 1. The minimum atomic E-state index is 0.240. The molecule has 1 saturated carbocycles. The summed E-state index contributed by atoms with van der Waals surface area (Å²) >= 11 is 0. The predicted octanol–water partition coefficient (Wildman–Crippen LogP) is 0.0637. The van der Waals surface area contributed by atoms with Crippen LogP contribution in [0.25, 0.3) is 0 Å². The minimum Gasteiger partial charge on any atom is -0.337 e. The molecule has 0 N–H and O–H groups in total. The van der Waals surface area contributed by atoms with Gasteiger partial charge in [0.15, 0.2) is 0 Å². The van der Waals surface area contributed by atoms with Gasteiger partial charge in [0, 0.05) is 18.6 Å². The van der Waals surface area contributed by atoms with Crippen molar-refractivity contribution in [1.29, 1.82) is 0 Å². The highest BCUT2D eigenvalue weighted by Crippen LogP contribution is 2.37. The molecule has 0 spiro atoms. The quantitative estimate of drug-likeness (QED) is 0.550. The van der Waals surface area contributed by atoms with E-state index in [1.54, 1.807) is 0 Å². The van der Waals surface area contributed by atoms with Gasteiger partial charge in [-0.15, -0.1) is 0 Å². The monoisotopic (exact) mass is 166 g/mol. The van der Waals surface area contributed by atoms with Crippen LogP contribution < -0.4 is 0 Å². The Morgan fingerprint density at radius 3 is 2.58 bits per heavy atom. The Morgan fingerprint density at radius 2 is 2.08 bits per heavy atom. The first-order valence-corrected chi connectivity index (χ1v) is 4.80. The zero-order valence-electron chi connectivity index (χ0n) is 7.36. The summed E-state index contributed by atoms with van der Waals surface area (Å²) in [5, 5.41) is 0. The molecular formula is C9H14N2O. The number of hydrogen-bond donors (Lipinski definition) is 0. The summed E-state index contributed by atoms with van der Waals surface area (Å²) in [5.41, 5.74) is 0. The predicted molar refractivity (Wildman–Crippen MR) is 44.7 cm³/mol. The maximum Gasteiger partial charge on any atom is 0.240 e. The number of nitrogens with zero attached hydrogens (tertiary/aromatic N) is 2. The molecule has 0 aromatic heterocycles. The standard InChI is InChI=1S/C9H14N2O/c1-10-7-4-8(10)9(12)11(5-7)6-2-3-6/h6-8H,2-5H2,1H3. The van der Waals surface area contributed by atoms with Crippen LogP contribution in [-0.2, 0) is 4.79 Å². The average molecular weight is 166 g/mol. The van der Waals surface area contributed by atoms with Crippen LogP contribution in [0.5, 0.6) is 0 Å². The SMILES string of the molecule is CN1C2CC1C(=O)N(C1CC1)C2. The van der Waals surface area contributed by atoms with E-state index in [1.165, 1.54) is 12.8 Å². The van der Waals surface area contributed by atoms with Gasteiger partial charge in [-0.05, 0) is 26.3 Å². The summed E-state index contributed by atoms with van der Waals surface area (Å²) in [7, 11) is 2.07. The third kappa shape index (κ3) is 0.724. The summed E-state index contributed by atoms with van der Waals surface area (Å²) in [6, 6.07) is 1.54. The van der Waals surface area contributed by atoms with E-state index >= 15 is 0 Å². The fraction of sp³-hybridized carbons (Fsp3) is 0.889. The number of carbonyl (C=O) groups excluding carboxylic acids is 1. The summed E-state index contributed by atoms with van der Waals surface area (Å²) < 4.78 is 0. The van der Waals surface area contributed by atoms with E-state index in [0.717, 1.165) is 13.0 Å². The van der Waals surface area contributed by atoms with Gasteiger partial charge in [-0.3, -0.25) is 9.69 Å². The summed E-state index contributed by atoms with van der Waals surface area (Å²) in [4.78, 5) is 16.1. The zero-order valence-corrected chi connectivity index (χ0v) is 7.36. The molecule has 3 aliphatic heterocycles. The normalized spacial score (nSPS) is 41.4. The maximum atomic E-state index is 11.7. The molecule has 4 rings (SSSR count). The first-order chi connectivity index (χ1) is 5.77. The number of carbonyl (C=O) groups is 1. The second kappa shape index (κ2) is 2.02. The molecule has 66 valence electrons. The van der Waals surface area contributed by atoms with Gasteiger partial charge < -0.3 is 4.90 Å². The molecule has 3 saturated heterocycles. The molecule has 4 aliphatic rings. The van der Waals surface area contributed by atoms with E-state index in [2.05, 4.69) is 16.8 Å². The smallest absolute Gasteiger partial charge is 0.240 e. The van der Waals surface area contributed by atoms with Gasteiger partial charge in [0.1, 0.15) is 0 Å². The van der Waals surface area contributed by atoms with Crippen LogP contribution in [0.4, 0.5) is 0 Å². The van der Waals surface area contributed by atoms with Crippen molar-refractivity contribution in [3.8, 4) is 0 Å². The minimum absolute atomic E-state index is 0.240. The van der Waals surface area contributed by atoms with Crippen molar-refractivity contribution in [1.82, 2.24) is 9.80 Å². The van der Waals surface area contributed by atoms with E-state index in [9.17, 15) is 4.79 Å². The van der Waals surface area contributed by atoms with Crippen LogP contribution in [0.2, 0.25) is 0 Å². The first-order valence-electron chi connectivity index (χ1n) is 4.80. The molecule has 12 heavy (non-hydrogen) atoms. The number of likely N-dealkylation sites (N-methyl/N-ethyl adjacent to an activating group) is 1. The zero-order chi connectivity index (χ0) is 8.29. The Kier molecular flexibility index (Phi) is 1.16. The molecule has 2 atom stereocenters. The molecule has 1 amide bonds. The van der Waals surface area contributed by atoms with Crippen LogP contribution in [0.3, 0.4) is 0 Å². The van der Waals surface area contributed by atoms with Crippen molar-refractivity contribution in [2.45, 2.75) is 37.4 Å². The Bertz CT molecular complexity index is 237. The summed E-state index contributed by atoms with van der Waals surface area (Å²) in [6.45, 7) is 0.997. The van der Waals surface area contributed by atoms with Crippen LogP contribution in [0.15, 0.2) is 0 Å².